The number of ether oxygens (including phenoxy) is 2. The molecule has 0 radical (unpaired) electrons. The van der Waals surface area contributed by atoms with Gasteiger partial charge in [0.25, 0.3) is 9.05 Å². The number of hydrogen-bond donors (Lipinski definition) is 0. The molecule has 1 aromatic rings. The molecule has 21 heavy (non-hydrogen) atoms. The van der Waals surface area contributed by atoms with E-state index in [9.17, 15) is 22.0 Å². The Labute approximate surface area is 132 Å². The van der Waals surface area contributed by atoms with Crippen molar-refractivity contribution < 1.29 is 31.5 Å². The first-order chi connectivity index (χ1) is 9.59. The van der Waals surface area contributed by atoms with E-state index in [-0.39, 0.29) is 6.61 Å². The minimum Gasteiger partial charge on any atom is -0.456 e. The number of rotatable bonds is 5. The van der Waals surface area contributed by atoms with E-state index in [2.05, 4.69) is 15.9 Å². The van der Waals surface area contributed by atoms with Gasteiger partial charge < -0.3 is 9.47 Å². The molecule has 0 bridgehead atoms. The van der Waals surface area contributed by atoms with Gasteiger partial charge in [-0.3, -0.25) is 0 Å². The summed E-state index contributed by atoms with van der Waals surface area (Å²) in [6.45, 7) is 1.45. The molecule has 0 aliphatic rings. The van der Waals surface area contributed by atoms with Gasteiger partial charge in [0.1, 0.15) is 22.4 Å². The monoisotopic (exact) mass is 406 g/mol. The zero-order chi connectivity index (χ0) is 16.4. The highest BCUT2D eigenvalue weighted by molar-refractivity contribution is 9.10. The van der Waals surface area contributed by atoms with Crippen LogP contribution in [-0.2, 0) is 18.5 Å². The number of methoxy groups -OCH3 is 1. The fourth-order valence-corrected chi connectivity index (χ4v) is 3.85. The molecule has 0 N–H and O–H groups in total. The lowest BCUT2D eigenvalue weighted by atomic mass is 10.2. The van der Waals surface area contributed by atoms with E-state index >= 15 is 0 Å². The summed E-state index contributed by atoms with van der Waals surface area (Å²) < 4.78 is 59.4. The Bertz CT molecular complexity index is 665. The third-order valence-electron chi connectivity index (χ3n) is 2.29. The molecule has 0 amide bonds. The lowest BCUT2D eigenvalue weighted by molar-refractivity contribution is 0.0110. The predicted octanol–water partition coefficient (Wildman–Crippen LogP) is 2.85. The van der Waals surface area contributed by atoms with Gasteiger partial charge in [-0.05, 0) is 28.9 Å². The van der Waals surface area contributed by atoms with E-state index in [1.807, 2.05) is 0 Å². The van der Waals surface area contributed by atoms with E-state index < -0.39 is 47.7 Å². The van der Waals surface area contributed by atoms with E-state index in [1.54, 1.807) is 0 Å². The number of benzene rings is 1. The molecule has 0 heterocycles. The number of hydrogen-bond acceptors (Lipinski definition) is 5. The zero-order valence-electron chi connectivity index (χ0n) is 10.8. The Balaban J connectivity index is 3.34. The highest BCUT2D eigenvalue weighted by atomic mass is 79.9. The van der Waals surface area contributed by atoms with Gasteiger partial charge in [-0.15, -0.1) is 0 Å². The van der Waals surface area contributed by atoms with Gasteiger partial charge in [0.05, 0.1) is 6.61 Å². The molecule has 1 atom stereocenters. The normalized spacial score (nSPS) is 13.0. The maximum Gasteiger partial charge on any atom is 0.344 e. The summed E-state index contributed by atoms with van der Waals surface area (Å²) in [5.74, 6) is -4.26. The van der Waals surface area contributed by atoms with Crippen LogP contribution in [0.2, 0.25) is 0 Å². The maximum atomic E-state index is 14.1. The summed E-state index contributed by atoms with van der Waals surface area (Å²) in [4.78, 5) is 10.7. The highest BCUT2D eigenvalue weighted by Gasteiger charge is 2.30. The second-order valence-electron chi connectivity index (χ2n) is 3.97. The topological polar surface area (TPSA) is 69.7 Å². The molecule has 0 fully saturated rings. The van der Waals surface area contributed by atoms with Crippen LogP contribution >= 0.6 is 26.6 Å². The van der Waals surface area contributed by atoms with Crippen LogP contribution in [0, 0.1) is 11.6 Å². The minimum absolute atomic E-state index is 0.00612. The fourth-order valence-electron chi connectivity index (χ4n) is 1.49. The largest absolute Gasteiger partial charge is 0.456 e. The summed E-state index contributed by atoms with van der Waals surface area (Å²) in [7, 11) is 1.89. The van der Waals surface area contributed by atoms with E-state index in [0.29, 0.717) is 6.07 Å². The average molecular weight is 408 g/mol. The molecule has 0 saturated carbocycles. The van der Waals surface area contributed by atoms with E-state index in [1.165, 1.54) is 14.0 Å². The molecule has 0 aliphatic heterocycles. The Morgan fingerprint density at radius 1 is 1.48 bits per heavy atom. The second-order valence-corrected chi connectivity index (χ2v) is 7.32. The number of esters is 1. The Kier molecular flexibility index (Phi) is 6.09. The van der Waals surface area contributed by atoms with Gasteiger partial charge in [0.2, 0.25) is 0 Å². The van der Waals surface area contributed by atoms with Crippen LogP contribution in [0.5, 0.6) is 0 Å². The molecule has 0 spiro atoms. The van der Waals surface area contributed by atoms with E-state index in [4.69, 9.17) is 20.2 Å². The Morgan fingerprint density at radius 2 is 2.05 bits per heavy atom. The van der Waals surface area contributed by atoms with Crippen molar-refractivity contribution in [1.29, 1.82) is 0 Å². The maximum absolute atomic E-state index is 14.1. The van der Waals surface area contributed by atoms with Gasteiger partial charge in [0.15, 0.2) is 5.82 Å². The molecule has 0 aromatic heterocycles. The summed E-state index contributed by atoms with van der Waals surface area (Å²) in [6.07, 6.45) is -0.777. The zero-order valence-corrected chi connectivity index (χ0v) is 14.0. The van der Waals surface area contributed by atoms with Crippen LogP contribution in [0.3, 0.4) is 0 Å². The molecule has 5 nitrogen and oxygen atoms in total. The molecular formula is C11H10BrClF2O5S. The molecule has 1 rings (SSSR count). The first kappa shape index (κ1) is 18.3. The van der Waals surface area contributed by atoms with Gasteiger partial charge >= 0.3 is 5.97 Å². The van der Waals surface area contributed by atoms with Crippen molar-refractivity contribution in [1.82, 2.24) is 0 Å². The van der Waals surface area contributed by atoms with Gasteiger partial charge in [-0.25, -0.2) is 22.0 Å². The van der Waals surface area contributed by atoms with Crippen molar-refractivity contribution in [3.8, 4) is 0 Å². The standard InChI is InChI=1S/C11H10BrClF2O5S/c1-5(4-19-2)20-11(16)8-7(14)3-6(12)10(9(8)15)21(13,17)18/h3,5H,4H2,1-2H3. The Morgan fingerprint density at radius 3 is 2.52 bits per heavy atom. The summed E-state index contributed by atoms with van der Waals surface area (Å²) in [5.41, 5.74) is -1.14. The minimum atomic E-state index is -4.52. The van der Waals surface area contributed by atoms with Crippen LogP contribution in [0.1, 0.15) is 17.3 Å². The molecule has 1 aromatic carbocycles. The summed E-state index contributed by atoms with van der Waals surface area (Å²) in [6, 6.07) is 0.621. The van der Waals surface area contributed by atoms with Gasteiger partial charge in [-0.1, -0.05) is 0 Å². The van der Waals surface area contributed by atoms with Crippen molar-refractivity contribution in [2.45, 2.75) is 17.9 Å². The van der Waals surface area contributed by atoms with Crippen LogP contribution in [-0.4, -0.2) is 34.2 Å². The third kappa shape index (κ3) is 4.35. The third-order valence-corrected chi connectivity index (χ3v) is 4.52. The number of carbonyl (C=O) groups excluding carboxylic acids is 1. The first-order valence-corrected chi connectivity index (χ1v) is 8.51. The van der Waals surface area contributed by atoms with Crippen molar-refractivity contribution in [2.24, 2.45) is 0 Å². The highest BCUT2D eigenvalue weighted by Crippen LogP contribution is 2.32. The number of carbonyl (C=O) groups is 1. The lowest BCUT2D eigenvalue weighted by Gasteiger charge is -2.14. The fraction of sp³-hybridized carbons (Fsp3) is 0.364. The SMILES string of the molecule is COCC(C)OC(=O)c1c(F)cc(Br)c(S(=O)(=O)Cl)c1F. The molecular weight excluding hydrogens is 398 g/mol. The summed E-state index contributed by atoms with van der Waals surface area (Å²) >= 11 is 2.68. The van der Waals surface area contributed by atoms with Crippen LogP contribution in [0.25, 0.3) is 0 Å². The van der Waals surface area contributed by atoms with Crippen molar-refractivity contribution in [3.63, 3.8) is 0 Å². The molecule has 1 unspecified atom stereocenters. The molecule has 0 saturated heterocycles. The predicted molar refractivity (Wildman–Crippen MR) is 73.9 cm³/mol. The van der Waals surface area contributed by atoms with Gasteiger partial charge in [-0.2, -0.15) is 0 Å². The summed E-state index contributed by atoms with van der Waals surface area (Å²) in [5, 5.41) is 0. The molecule has 10 heteroatoms. The lowest BCUT2D eigenvalue weighted by Crippen LogP contribution is -2.22. The van der Waals surface area contributed by atoms with Crippen LogP contribution in [0.15, 0.2) is 15.4 Å². The first-order valence-electron chi connectivity index (χ1n) is 5.41. The Hall–Kier alpha value is -0.770. The second kappa shape index (κ2) is 6.99. The van der Waals surface area contributed by atoms with Crippen LogP contribution < -0.4 is 0 Å². The van der Waals surface area contributed by atoms with Crippen molar-refractivity contribution in [3.05, 3.63) is 27.7 Å². The van der Waals surface area contributed by atoms with Crippen molar-refractivity contribution in [2.75, 3.05) is 13.7 Å². The quantitative estimate of drug-likeness (QED) is 0.554. The van der Waals surface area contributed by atoms with Crippen LogP contribution in [0.4, 0.5) is 8.78 Å². The van der Waals surface area contributed by atoms with Gasteiger partial charge in [0, 0.05) is 22.3 Å². The molecule has 0 aliphatic carbocycles. The van der Waals surface area contributed by atoms with E-state index in [0.717, 1.165) is 0 Å². The molecule has 118 valence electrons. The van der Waals surface area contributed by atoms with Crippen molar-refractivity contribution >= 4 is 41.6 Å². The number of halogens is 4. The average Bonchev–Trinajstić information content (AvgIpc) is 2.25. The smallest absolute Gasteiger partial charge is 0.344 e.